The molecule has 8 nitrogen and oxygen atoms in total. The van der Waals surface area contributed by atoms with Crippen LogP contribution in [0, 0.1) is 10.1 Å². The van der Waals surface area contributed by atoms with E-state index in [2.05, 4.69) is 15.5 Å². The van der Waals surface area contributed by atoms with Crippen molar-refractivity contribution in [3.05, 3.63) is 117 Å². The van der Waals surface area contributed by atoms with E-state index < -0.39 is 10.2 Å². The van der Waals surface area contributed by atoms with Crippen molar-refractivity contribution >= 4 is 52.0 Å². The van der Waals surface area contributed by atoms with E-state index in [0.29, 0.717) is 11.0 Å². The van der Waals surface area contributed by atoms with E-state index in [1.54, 1.807) is 11.3 Å². The fourth-order valence-corrected chi connectivity index (χ4v) is 5.62. The van der Waals surface area contributed by atoms with Crippen LogP contribution >= 0.6 is 34.7 Å². The summed E-state index contributed by atoms with van der Waals surface area (Å²) < 4.78 is 1.93. The van der Waals surface area contributed by atoms with Crippen LogP contribution in [-0.4, -0.2) is 25.6 Å². The van der Waals surface area contributed by atoms with Gasteiger partial charge in [-0.2, -0.15) is 0 Å². The van der Waals surface area contributed by atoms with Gasteiger partial charge in [0.25, 0.3) is 5.69 Å². The van der Waals surface area contributed by atoms with Crippen LogP contribution in [0.4, 0.5) is 11.4 Å². The number of non-ortho nitro benzene ring substituents is 1. The van der Waals surface area contributed by atoms with Crippen molar-refractivity contribution < 1.29 is 9.72 Å². The number of halogens is 1. The summed E-state index contributed by atoms with van der Waals surface area (Å²) in [5, 5.41) is 24.7. The molecule has 1 atom stereocenters. The number of thiophene rings is 1. The Hall–Kier alpha value is -3.99. The molecule has 0 aliphatic heterocycles. The number of carbonyl (C=O) groups is 1. The Kier molecular flexibility index (Phi) is 7.31. The number of carbonyl (C=O) groups excluding carboxylic acids is 1. The molecule has 0 aliphatic rings. The molecule has 1 N–H and O–H groups in total. The van der Waals surface area contributed by atoms with Crippen molar-refractivity contribution in [2.45, 2.75) is 10.4 Å². The molecule has 5 aromatic rings. The fourth-order valence-electron chi connectivity index (χ4n) is 3.64. The fraction of sp³-hybridized carbons (Fsp3) is 0.0385. The molecule has 37 heavy (non-hydrogen) atoms. The minimum atomic E-state index is -0.713. The van der Waals surface area contributed by atoms with Gasteiger partial charge in [-0.1, -0.05) is 78.0 Å². The number of nitro benzene ring substituents is 1. The first kappa shape index (κ1) is 24.7. The Balaban J connectivity index is 1.53. The Morgan fingerprint density at radius 2 is 1.73 bits per heavy atom. The van der Waals surface area contributed by atoms with E-state index in [4.69, 9.17) is 11.6 Å². The van der Waals surface area contributed by atoms with E-state index in [0.717, 1.165) is 16.1 Å². The summed E-state index contributed by atoms with van der Waals surface area (Å²) in [5.74, 6) is 0.321. The molecule has 184 valence electrons. The van der Waals surface area contributed by atoms with Crippen LogP contribution in [0.3, 0.4) is 0 Å². The van der Waals surface area contributed by atoms with Crippen molar-refractivity contribution in [1.82, 2.24) is 14.8 Å². The summed E-state index contributed by atoms with van der Waals surface area (Å²) in [4.78, 5) is 25.1. The van der Waals surface area contributed by atoms with Gasteiger partial charge in [0.15, 0.2) is 11.0 Å². The molecule has 1 amide bonds. The molecule has 0 radical (unpaired) electrons. The molecule has 5 rings (SSSR count). The van der Waals surface area contributed by atoms with Gasteiger partial charge in [-0.15, -0.1) is 21.5 Å². The van der Waals surface area contributed by atoms with E-state index >= 15 is 0 Å². The monoisotopic (exact) mass is 547 g/mol. The van der Waals surface area contributed by atoms with Crippen molar-refractivity contribution in [3.63, 3.8) is 0 Å². The molecule has 0 fully saturated rings. The lowest BCUT2D eigenvalue weighted by Crippen LogP contribution is -2.20. The predicted molar refractivity (Wildman–Crippen MR) is 146 cm³/mol. The highest BCUT2D eigenvalue weighted by atomic mass is 35.5. The molecule has 1 unspecified atom stereocenters. The quantitative estimate of drug-likeness (QED) is 0.127. The largest absolute Gasteiger partial charge is 0.323 e. The molecule has 11 heteroatoms. The summed E-state index contributed by atoms with van der Waals surface area (Å²) in [6.07, 6.45) is 0. The van der Waals surface area contributed by atoms with Gasteiger partial charge in [0, 0.05) is 17.8 Å². The van der Waals surface area contributed by atoms with E-state index in [-0.39, 0.29) is 22.3 Å². The maximum atomic E-state index is 13.6. The van der Waals surface area contributed by atoms with Crippen LogP contribution in [0.5, 0.6) is 0 Å². The number of hydrogen-bond acceptors (Lipinski definition) is 7. The molecule has 0 saturated heterocycles. The maximum Gasteiger partial charge on any atom is 0.271 e. The van der Waals surface area contributed by atoms with Crippen LogP contribution in [0.2, 0.25) is 5.02 Å². The van der Waals surface area contributed by atoms with E-state index in [9.17, 15) is 14.9 Å². The van der Waals surface area contributed by atoms with E-state index in [1.165, 1.54) is 30.0 Å². The van der Waals surface area contributed by atoms with Gasteiger partial charge >= 0.3 is 0 Å². The minimum Gasteiger partial charge on any atom is -0.323 e. The van der Waals surface area contributed by atoms with Gasteiger partial charge in [-0.3, -0.25) is 19.5 Å². The van der Waals surface area contributed by atoms with Gasteiger partial charge in [0.1, 0.15) is 5.25 Å². The molecule has 2 aromatic heterocycles. The summed E-state index contributed by atoms with van der Waals surface area (Å²) in [5.41, 5.74) is 1.74. The normalized spacial score (nSPS) is 11.7. The smallest absolute Gasteiger partial charge is 0.271 e. The zero-order chi connectivity index (χ0) is 25.8. The molecule has 0 bridgehead atoms. The number of hydrogen-bond donors (Lipinski definition) is 1. The number of amides is 1. The van der Waals surface area contributed by atoms with Crippen molar-refractivity contribution in [3.8, 4) is 16.4 Å². The SMILES string of the molecule is O=C(Nc1ccc([N+](=O)[O-])cc1Cl)C(Sc1nnc(-c2cccs2)n1-c1ccccc1)c1ccccc1. The number of anilines is 1. The average molecular weight is 548 g/mol. The number of nitro groups is 1. The van der Waals surface area contributed by atoms with Gasteiger partial charge in [-0.05, 0) is 35.2 Å². The zero-order valence-corrected chi connectivity index (χ0v) is 21.4. The molecule has 3 aromatic carbocycles. The third kappa shape index (κ3) is 5.41. The number of rotatable bonds is 8. The molecule has 0 saturated carbocycles. The second-order valence-electron chi connectivity index (χ2n) is 7.77. The third-order valence-electron chi connectivity index (χ3n) is 5.37. The second kappa shape index (κ2) is 11.0. The van der Waals surface area contributed by atoms with Crippen LogP contribution < -0.4 is 5.32 Å². The molecule has 0 aliphatic carbocycles. The number of nitrogens with one attached hydrogen (secondary N) is 1. The standard InChI is InChI=1S/C26H18ClN5O3S2/c27-20-16-19(32(34)35)13-14-21(20)28-25(33)23(17-8-3-1-4-9-17)37-26-30-29-24(22-12-7-15-36-22)31(26)18-10-5-2-6-11-18/h1-16,23H,(H,28,33). The third-order valence-corrected chi connectivity index (χ3v) is 7.75. The maximum absolute atomic E-state index is 13.6. The first-order valence-electron chi connectivity index (χ1n) is 11.0. The van der Waals surface area contributed by atoms with Crippen molar-refractivity contribution in [1.29, 1.82) is 0 Å². The first-order chi connectivity index (χ1) is 18.0. The van der Waals surface area contributed by atoms with Crippen LogP contribution in [0.1, 0.15) is 10.8 Å². The second-order valence-corrected chi connectivity index (χ2v) is 10.2. The van der Waals surface area contributed by atoms with Crippen molar-refractivity contribution in [2.24, 2.45) is 0 Å². The number of aromatic nitrogens is 3. The highest BCUT2D eigenvalue weighted by Crippen LogP contribution is 2.39. The highest BCUT2D eigenvalue weighted by Gasteiger charge is 2.27. The number of para-hydroxylation sites is 1. The predicted octanol–water partition coefficient (Wildman–Crippen LogP) is 7.03. The lowest BCUT2D eigenvalue weighted by Gasteiger charge is -2.18. The van der Waals surface area contributed by atoms with Gasteiger partial charge in [-0.25, -0.2) is 0 Å². The van der Waals surface area contributed by atoms with Crippen LogP contribution in [-0.2, 0) is 4.79 Å². The van der Waals surface area contributed by atoms with Crippen molar-refractivity contribution in [2.75, 3.05) is 5.32 Å². The van der Waals surface area contributed by atoms with Gasteiger partial charge in [0.05, 0.1) is 20.5 Å². The van der Waals surface area contributed by atoms with Crippen LogP contribution in [0.15, 0.2) is 102 Å². The number of thioether (sulfide) groups is 1. The molecule has 2 heterocycles. The van der Waals surface area contributed by atoms with E-state index in [1.807, 2.05) is 82.7 Å². The van der Waals surface area contributed by atoms with Gasteiger partial charge < -0.3 is 5.32 Å². The van der Waals surface area contributed by atoms with Crippen LogP contribution in [0.25, 0.3) is 16.4 Å². The Labute approximate surface area is 225 Å². The lowest BCUT2D eigenvalue weighted by atomic mass is 10.1. The topological polar surface area (TPSA) is 103 Å². The molecular weight excluding hydrogens is 530 g/mol. The summed E-state index contributed by atoms with van der Waals surface area (Å²) in [6.45, 7) is 0. The minimum absolute atomic E-state index is 0.0757. The highest BCUT2D eigenvalue weighted by molar-refractivity contribution is 8.00. The average Bonchev–Trinajstić information content (AvgIpc) is 3.59. The summed E-state index contributed by atoms with van der Waals surface area (Å²) in [7, 11) is 0. The molecular formula is C26H18ClN5O3S2. The van der Waals surface area contributed by atoms with Gasteiger partial charge in [0.2, 0.25) is 5.91 Å². The Morgan fingerprint density at radius 1 is 1.00 bits per heavy atom. The first-order valence-corrected chi connectivity index (χ1v) is 13.2. The lowest BCUT2D eigenvalue weighted by molar-refractivity contribution is -0.384. The number of nitrogens with zero attached hydrogens (tertiary/aromatic N) is 4. The molecule has 0 spiro atoms. The zero-order valence-electron chi connectivity index (χ0n) is 19.0. The Bertz CT molecular complexity index is 1540. The number of benzene rings is 3. The Morgan fingerprint density at radius 3 is 2.38 bits per heavy atom. The summed E-state index contributed by atoms with van der Waals surface area (Å²) >= 11 is 9.05. The summed E-state index contributed by atoms with van der Waals surface area (Å²) in [6, 6.07) is 26.9.